The summed E-state index contributed by atoms with van der Waals surface area (Å²) in [6.45, 7) is 1.93. The van der Waals surface area contributed by atoms with Crippen LogP contribution in [-0.2, 0) is 11.2 Å². The number of benzene rings is 1. The van der Waals surface area contributed by atoms with Crippen LogP contribution in [0.25, 0.3) is 10.6 Å². The highest BCUT2D eigenvalue weighted by atomic mass is 35.5. The van der Waals surface area contributed by atoms with Crippen LogP contribution in [0.5, 0.6) is 0 Å². The van der Waals surface area contributed by atoms with E-state index >= 15 is 0 Å². The summed E-state index contributed by atoms with van der Waals surface area (Å²) in [7, 11) is 0. The molecule has 23 heavy (non-hydrogen) atoms. The number of nitrogens with one attached hydrogen (secondary N) is 1. The summed E-state index contributed by atoms with van der Waals surface area (Å²) in [5.74, 6) is -0.0559. The maximum Gasteiger partial charge on any atom is 0.226 e. The SMILES string of the molecule is CC(NC(=O)Cc1csc(-c2ccsc2)n1)c1ccccc1Cl. The molecule has 0 radical (unpaired) electrons. The molecule has 0 saturated carbocycles. The molecular formula is C17H15ClN2OS2. The summed E-state index contributed by atoms with van der Waals surface area (Å²) < 4.78 is 0. The molecular weight excluding hydrogens is 348 g/mol. The van der Waals surface area contributed by atoms with Crippen LogP contribution in [0.15, 0.2) is 46.5 Å². The van der Waals surface area contributed by atoms with Crippen molar-refractivity contribution in [1.29, 1.82) is 0 Å². The first-order chi connectivity index (χ1) is 11.1. The average Bonchev–Trinajstić information content (AvgIpc) is 3.18. The first-order valence-electron chi connectivity index (χ1n) is 7.14. The van der Waals surface area contributed by atoms with Crippen LogP contribution in [0.3, 0.4) is 0 Å². The van der Waals surface area contributed by atoms with Gasteiger partial charge in [-0.1, -0.05) is 29.8 Å². The number of thiophene rings is 1. The highest BCUT2D eigenvalue weighted by Crippen LogP contribution is 2.26. The molecule has 3 rings (SSSR count). The lowest BCUT2D eigenvalue weighted by atomic mass is 10.1. The Morgan fingerprint density at radius 3 is 2.87 bits per heavy atom. The normalized spacial score (nSPS) is 12.1. The fraction of sp³-hybridized carbons (Fsp3) is 0.176. The predicted molar refractivity (Wildman–Crippen MR) is 97.1 cm³/mol. The third-order valence-corrected chi connectivity index (χ3v) is 5.38. The maximum atomic E-state index is 12.2. The van der Waals surface area contributed by atoms with Gasteiger partial charge in [0.05, 0.1) is 18.2 Å². The monoisotopic (exact) mass is 362 g/mol. The van der Waals surface area contributed by atoms with Gasteiger partial charge in [0.15, 0.2) is 0 Å². The Hall–Kier alpha value is -1.69. The van der Waals surface area contributed by atoms with Crippen LogP contribution in [0.4, 0.5) is 0 Å². The Kier molecular flexibility index (Phi) is 5.10. The number of nitrogens with zero attached hydrogens (tertiary/aromatic N) is 1. The average molecular weight is 363 g/mol. The summed E-state index contributed by atoms with van der Waals surface area (Å²) in [6, 6.07) is 9.44. The van der Waals surface area contributed by atoms with Crippen molar-refractivity contribution in [1.82, 2.24) is 10.3 Å². The molecule has 2 aromatic heterocycles. The Balaban J connectivity index is 1.62. The summed E-state index contributed by atoms with van der Waals surface area (Å²) in [5.41, 5.74) is 2.82. The minimum Gasteiger partial charge on any atom is -0.349 e. The van der Waals surface area contributed by atoms with E-state index in [1.165, 1.54) is 0 Å². The zero-order chi connectivity index (χ0) is 16.2. The number of amides is 1. The highest BCUT2D eigenvalue weighted by molar-refractivity contribution is 7.14. The number of hydrogen-bond donors (Lipinski definition) is 1. The van der Waals surface area contributed by atoms with Crippen molar-refractivity contribution < 1.29 is 4.79 Å². The maximum absolute atomic E-state index is 12.2. The fourth-order valence-electron chi connectivity index (χ4n) is 2.27. The molecule has 6 heteroatoms. The van der Waals surface area contributed by atoms with Crippen LogP contribution in [0.1, 0.15) is 24.2 Å². The molecule has 0 spiro atoms. The van der Waals surface area contributed by atoms with E-state index in [9.17, 15) is 4.79 Å². The van der Waals surface area contributed by atoms with Crippen LogP contribution < -0.4 is 5.32 Å². The molecule has 1 atom stereocenters. The van der Waals surface area contributed by atoms with Gasteiger partial charge in [-0.05, 0) is 30.0 Å². The number of carbonyl (C=O) groups is 1. The molecule has 0 bridgehead atoms. The molecule has 0 aliphatic rings. The second kappa shape index (κ2) is 7.25. The summed E-state index contributed by atoms with van der Waals surface area (Å²) in [5, 5.41) is 10.6. The molecule has 1 aromatic carbocycles. The van der Waals surface area contributed by atoms with Crippen molar-refractivity contribution in [3.8, 4) is 10.6 Å². The molecule has 0 fully saturated rings. The van der Waals surface area contributed by atoms with Gasteiger partial charge in [-0.2, -0.15) is 11.3 Å². The van der Waals surface area contributed by atoms with Gasteiger partial charge in [0.2, 0.25) is 5.91 Å². The Morgan fingerprint density at radius 1 is 1.30 bits per heavy atom. The van der Waals surface area contributed by atoms with Crippen LogP contribution in [0.2, 0.25) is 5.02 Å². The van der Waals surface area contributed by atoms with Gasteiger partial charge in [-0.15, -0.1) is 11.3 Å². The van der Waals surface area contributed by atoms with Gasteiger partial charge >= 0.3 is 0 Å². The second-order valence-electron chi connectivity index (χ2n) is 5.14. The van der Waals surface area contributed by atoms with E-state index in [-0.39, 0.29) is 18.4 Å². The second-order valence-corrected chi connectivity index (χ2v) is 7.19. The Bertz CT molecular complexity index is 799. The van der Waals surface area contributed by atoms with Crippen molar-refractivity contribution in [3.05, 3.63) is 62.8 Å². The van der Waals surface area contributed by atoms with E-state index in [4.69, 9.17) is 11.6 Å². The highest BCUT2D eigenvalue weighted by Gasteiger charge is 2.14. The molecule has 118 valence electrons. The van der Waals surface area contributed by atoms with E-state index in [1.807, 2.05) is 48.0 Å². The topological polar surface area (TPSA) is 42.0 Å². The van der Waals surface area contributed by atoms with Crippen molar-refractivity contribution in [3.63, 3.8) is 0 Å². The first-order valence-corrected chi connectivity index (χ1v) is 9.34. The summed E-state index contributed by atoms with van der Waals surface area (Å²) >= 11 is 9.36. The quantitative estimate of drug-likeness (QED) is 0.698. The van der Waals surface area contributed by atoms with Crippen molar-refractivity contribution >= 4 is 40.2 Å². The molecule has 0 aliphatic heterocycles. The zero-order valence-corrected chi connectivity index (χ0v) is 14.8. The molecule has 0 aliphatic carbocycles. The molecule has 1 N–H and O–H groups in total. The fourth-order valence-corrected chi connectivity index (χ4v) is 4.10. The van der Waals surface area contributed by atoms with Gasteiger partial charge in [0.1, 0.15) is 5.01 Å². The van der Waals surface area contributed by atoms with Gasteiger partial charge < -0.3 is 5.32 Å². The van der Waals surface area contributed by atoms with E-state index in [0.717, 1.165) is 21.8 Å². The van der Waals surface area contributed by atoms with E-state index in [1.54, 1.807) is 22.7 Å². The van der Waals surface area contributed by atoms with Crippen LogP contribution >= 0.6 is 34.3 Å². The molecule has 3 aromatic rings. The Labute approximate surface area is 148 Å². The van der Waals surface area contributed by atoms with Crippen molar-refractivity contribution in [2.45, 2.75) is 19.4 Å². The van der Waals surface area contributed by atoms with Crippen LogP contribution in [-0.4, -0.2) is 10.9 Å². The number of thiazole rings is 1. The predicted octanol–water partition coefficient (Wildman–Crippen LogP) is 4.94. The number of hydrogen-bond acceptors (Lipinski definition) is 4. The summed E-state index contributed by atoms with van der Waals surface area (Å²) in [4.78, 5) is 16.7. The number of halogens is 1. The molecule has 0 saturated heterocycles. The van der Waals surface area contributed by atoms with E-state index in [2.05, 4.69) is 15.7 Å². The van der Waals surface area contributed by atoms with Gasteiger partial charge in [0.25, 0.3) is 0 Å². The van der Waals surface area contributed by atoms with E-state index < -0.39 is 0 Å². The molecule has 3 nitrogen and oxygen atoms in total. The lowest BCUT2D eigenvalue weighted by Gasteiger charge is -2.15. The number of carbonyl (C=O) groups excluding carboxylic acids is 1. The van der Waals surface area contributed by atoms with Gasteiger partial charge in [-0.25, -0.2) is 4.98 Å². The minimum absolute atomic E-state index is 0.0559. The molecule has 2 heterocycles. The third-order valence-electron chi connectivity index (χ3n) is 3.41. The minimum atomic E-state index is -0.133. The van der Waals surface area contributed by atoms with Gasteiger partial charge in [0, 0.05) is 21.3 Å². The zero-order valence-electron chi connectivity index (χ0n) is 12.5. The van der Waals surface area contributed by atoms with Gasteiger partial charge in [-0.3, -0.25) is 4.79 Å². The lowest BCUT2D eigenvalue weighted by Crippen LogP contribution is -2.28. The smallest absolute Gasteiger partial charge is 0.226 e. The third kappa shape index (κ3) is 3.99. The molecule has 1 unspecified atom stereocenters. The summed E-state index contributed by atoms with van der Waals surface area (Å²) in [6.07, 6.45) is 0.273. The van der Waals surface area contributed by atoms with Crippen LogP contribution in [0, 0.1) is 0 Å². The number of rotatable bonds is 5. The standard InChI is InChI=1S/C17H15ClN2OS2/c1-11(14-4-2-3-5-15(14)18)19-16(21)8-13-10-23-17(20-13)12-6-7-22-9-12/h2-7,9-11H,8H2,1H3,(H,19,21). The van der Waals surface area contributed by atoms with Crippen molar-refractivity contribution in [2.24, 2.45) is 0 Å². The molecule has 1 amide bonds. The van der Waals surface area contributed by atoms with Crippen molar-refractivity contribution in [2.75, 3.05) is 0 Å². The first kappa shape index (κ1) is 16.2. The Morgan fingerprint density at radius 2 is 2.13 bits per heavy atom. The van der Waals surface area contributed by atoms with E-state index in [0.29, 0.717) is 5.02 Å². The largest absolute Gasteiger partial charge is 0.349 e. The number of aromatic nitrogens is 1. The lowest BCUT2D eigenvalue weighted by molar-refractivity contribution is -0.121.